The van der Waals surface area contributed by atoms with Gasteiger partial charge in [-0.15, -0.1) is 0 Å². The van der Waals surface area contributed by atoms with Crippen LogP contribution in [0.3, 0.4) is 0 Å². The van der Waals surface area contributed by atoms with Crippen LogP contribution in [0.25, 0.3) is 11.3 Å². The van der Waals surface area contributed by atoms with E-state index in [1.54, 1.807) is 6.20 Å². The van der Waals surface area contributed by atoms with Gasteiger partial charge in [-0.2, -0.15) is 0 Å². The molecule has 2 aromatic rings. The number of nitrogens with one attached hydrogen (secondary N) is 1. The van der Waals surface area contributed by atoms with Gasteiger partial charge in [-0.25, -0.2) is 9.97 Å². The molecule has 5 nitrogen and oxygen atoms in total. The highest BCUT2D eigenvalue weighted by molar-refractivity contribution is 5.99. The Balaban J connectivity index is 1.89. The summed E-state index contributed by atoms with van der Waals surface area (Å²) in [6, 6.07) is 7.70. The summed E-state index contributed by atoms with van der Waals surface area (Å²) in [5, 5.41) is 11.7. The lowest BCUT2D eigenvalue weighted by Gasteiger charge is -2.05. The minimum Gasteiger partial charge on any atom is -0.396 e. The van der Waals surface area contributed by atoms with Crippen LogP contribution in [0.4, 0.5) is 5.69 Å². The first-order valence-electron chi connectivity index (χ1n) is 6.62. The molecule has 1 aliphatic heterocycles. The third-order valence-corrected chi connectivity index (χ3v) is 3.29. The lowest BCUT2D eigenvalue weighted by atomic mass is 10.1. The van der Waals surface area contributed by atoms with Gasteiger partial charge in [0.25, 0.3) is 0 Å². The summed E-state index contributed by atoms with van der Waals surface area (Å²) in [5.41, 5.74) is 3.71. The predicted molar refractivity (Wildman–Crippen MR) is 75.2 cm³/mol. The molecule has 3 rings (SSSR count). The van der Waals surface area contributed by atoms with Gasteiger partial charge in [0, 0.05) is 30.5 Å². The second kappa shape index (κ2) is 5.38. The zero-order chi connectivity index (χ0) is 13.9. The number of aliphatic hydroxyl groups is 1. The average molecular weight is 269 g/mol. The molecule has 0 bridgehead atoms. The van der Waals surface area contributed by atoms with Gasteiger partial charge in [-0.1, -0.05) is 6.07 Å². The van der Waals surface area contributed by atoms with E-state index in [1.807, 2.05) is 24.3 Å². The number of amides is 1. The van der Waals surface area contributed by atoms with Gasteiger partial charge in [0.2, 0.25) is 5.91 Å². The van der Waals surface area contributed by atoms with Crippen molar-refractivity contribution in [3.05, 3.63) is 41.9 Å². The van der Waals surface area contributed by atoms with Crippen molar-refractivity contribution >= 4 is 11.6 Å². The van der Waals surface area contributed by atoms with Crippen molar-refractivity contribution in [2.75, 3.05) is 11.9 Å². The second-order valence-electron chi connectivity index (χ2n) is 4.78. The van der Waals surface area contributed by atoms with Crippen LogP contribution in [0.2, 0.25) is 0 Å². The summed E-state index contributed by atoms with van der Waals surface area (Å²) in [7, 11) is 0. The normalized spacial score (nSPS) is 13.2. The summed E-state index contributed by atoms with van der Waals surface area (Å²) < 4.78 is 0. The quantitative estimate of drug-likeness (QED) is 0.883. The molecule has 1 amide bonds. The number of carbonyl (C=O) groups excluding carboxylic acids is 1. The predicted octanol–water partition coefficient (Wildman–Crippen LogP) is 1.56. The van der Waals surface area contributed by atoms with Gasteiger partial charge in [-0.05, 0) is 30.2 Å². The van der Waals surface area contributed by atoms with Crippen molar-refractivity contribution in [1.82, 2.24) is 9.97 Å². The third-order valence-electron chi connectivity index (χ3n) is 3.29. The summed E-state index contributed by atoms with van der Waals surface area (Å²) in [4.78, 5) is 20.1. The standard InChI is InChI=1S/C15H15N3O2/c19-7-1-2-14-16-6-5-13(17-14)10-3-4-12-11(8-10)9-15(20)18-12/h3-6,8,19H,1-2,7,9H2,(H,18,20). The van der Waals surface area contributed by atoms with Crippen LogP contribution in [0, 0.1) is 0 Å². The maximum Gasteiger partial charge on any atom is 0.228 e. The number of carbonyl (C=O) groups is 1. The Morgan fingerprint density at radius 1 is 1.30 bits per heavy atom. The highest BCUT2D eigenvalue weighted by Gasteiger charge is 2.18. The van der Waals surface area contributed by atoms with E-state index < -0.39 is 0 Å². The monoisotopic (exact) mass is 269 g/mol. The smallest absolute Gasteiger partial charge is 0.228 e. The lowest BCUT2D eigenvalue weighted by molar-refractivity contribution is -0.115. The van der Waals surface area contributed by atoms with Crippen molar-refractivity contribution < 1.29 is 9.90 Å². The highest BCUT2D eigenvalue weighted by Crippen LogP contribution is 2.28. The zero-order valence-electron chi connectivity index (χ0n) is 11.0. The van der Waals surface area contributed by atoms with E-state index in [-0.39, 0.29) is 12.5 Å². The SMILES string of the molecule is O=C1Cc2cc(-c3ccnc(CCCO)n3)ccc2N1. The van der Waals surface area contributed by atoms with Crippen molar-refractivity contribution in [3.8, 4) is 11.3 Å². The van der Waals surface area contributed by atoms with E-state index >= 15 is 0 Å². The molecule has 0 aliphatic carbocycles. The molecule has 5 heteroatoms. The van der Waals surface area contributed by atoms with Crippen LogP contribution in [0.1, 0.15) is 17.8 Å². The van der Waals surface area contributed by atoms with E-state index in [0.717, 1.165) is 28.3 Å². The maximum atomic E-state index is 11.4. The molecule has 1 aliphatic rings. The fourth-order valence-electron chi connectivity index (χ4n) is 2.31. The third kappa shape index (κ3) is 2.53. The fourth-order valence-corrected chi connectivity index (χ4v) is 2.31. The van der Waals surface area contributed by atoms with E-state index in [1.165, 1.54) is 0 Å². The molecule has 0 saturated heterocycles. The Morgan fingerprint density at radius 3 is 3.05 bits per heavy atom. The number of aromatic nitrogens is 2. The first-order chi connectivity index (χ1) is 9.76. The van der Waals surface area contributed by atoms with Crippen molar-refractivity contribution in [1.29, 1.82) is 0 Å². The Kier molecular flexibility index (Phi) is 3.43. The molecule has 2 heterocycles. The van der Waals surface area contributed by atoms with E-state index in [4.69, 9.17) is 5.11 Å². The number of anilines is 1. The Bertz CT molecular complexity index is 655. The molecule has 0 spiro atoms. The second-order valence-corrected chi connectivity index (χ2v) is 4.78. The van der Waals surface area contributed by atoms with Gasteiger partial charge < -0.3 is 10.4 Å². The molecule has 102 valence electrons. The number of nitrogens with zero attached hydrogens (tertiary/aromatic N) is 2. The number of benzene rings is 1. The molecule has 0 radical (unpaired) electrons. The summed E-state index contributed by atoms with van der Waals surface area (Å²) in [6.07, 6.45) is 3.47. The Morgan fingerprint density at radius 2 is 2.20 bits per heavy atom. The number of aliphatic hydroxyl groups excluding tert-OH is 1. The maximum absolute atomic E-state index is 11.4. The van der Waals surface area contributed by atoms with Gasteiger partial charge in [-0.3, -0.25) is 4.79 Å². The molecule has 1 aromatic heterocycles. The molecule has 2 N–H and O–H groups in total. The van der Waals surface area contributed by atoms with Crippen molar-refractivity contribution in [2.24, 2.45) is 0 Å². The van der Waals surface area contributed by atoms with Crippen molar-refractivity contribution in [2.45, 2.75) is 19.3 Å². The number of hydrogen-bond donors (Lipinski definition) is 2. The molecule has 1 aromatic carbocycles. The number of fused-ring (bicyclic) bond motifs is 1. The Hall–Kier alpha value is -2.27. The molecule has 20 heavy (non-hydrogen) atoms. The Labute approximate surface area is 116 Å². The first-order valence-corrected chi connectivity index (χ1v) is 6.62. The van der Waals surface area contributed by atoms with E-state index in [9.17, 15) is 4.79 Å². The topological polar surface area (TPSA) is 75.1 Å². The van der Waals surface area contributed by atoms with Crippen LogP contribution in [-0.2, 0) is 17.6 Å². The summed E-state index contributed by atoms with van der Waals surface area (Å²) in [5.74, 6) is 0.759. The van der Waals surface area contributed by atoms with Crippen LogP contribution in [-0.4, -0.2) is 27.6 Å². The summed E-state index contributed by atoms with van der Waals surface area (Å²) >= 11 is 0. The van der Waals surface area contributed by atoms with Crippen LogP contribution >= 0.6 is 0 Å². The number of hydrogen-bond acceptors (Lipinski definition) is 4. The molecular formula is C15H15N3O2. The van der Waals surface area contributed by atoms with Crippen LogP contribution in [0.5, 0.6) is 0 Å². The molecular weight excluding hydrogens is 254 g/mol. The fraction of sp³-hybridized carbons (Fsp3) is 0.267. The van der Waals surface area contributed by atoms with Crippen LogP contribution in [0.15, 0.2) is 30.5 Å². The minimum absolute atomic E-state index is 0.0310. The molecule has 0 atom stereocenters. The number of aryl methyl sites for hydroxylation is 1. The lowest BCUT2D eigenvalue weighted by Crippen LogP contribution is -2.03. The largest absolute Gasteiger partial charge is 0.396 e. The van der Waals surface area contributed by atoms with Crippen molar-refractivity contribution in [3.63, 3.8) is 0 Å². The van der Waals surface area contributed by atoms with E-state index in [0.29, 0.717) is 19.3 Å². The minimum atomic E-state index is 0.0310. The van der Waals surface area contributed by atoms with Gasteiger partial charge in [0.05, 0.1) is 12.1 Å². The highest BCUT2D eigenvalue weighted by atomic mass is 16.2. The van der Waals surface area contributed by atoms with E-state index in [2.05, 4.69) is 15.3 Å². The molecule has 0 saturated carbocycles. The van der Waals surface area contributed by atoms with Gasteiger partial charge >= 0.3 is 0 Å². The van der Waals surface area contributed by atoms with Gasteiger partial charge in [0.1, 0.15) is 5.82 Å². The first kappa shape index (κ1) is 12.7. The van der Waals surface area contributed by atoms with Gasteiger partial charge in [0.15, 0.2) is 0 Å². The molecule has 0 unspecified atom stereocenters. The average Bonchev–Trinajstić information content (AvgIpc) is 2.84. The number of rotatable bonds is 4. The summed E-state index contributed by atoms with van der Waals surface area (Å²) in [6.45, 7) is 0.139. The molecule has 0 fully saturated rings. The zero-order valence-corrected chi connectivity index (χ0v) is 11.0. The van der Waals surface area contributed by atoms with Crippen LogP contribution < -0.4 is 5.32 Å².